The quantitative estimate of drug-likeness (QED) is 0.346. The number of hydrogen-bond acceptors (Lipinski definition) is 5. The van der Waals surface area contributed by atoms with Crippen LogP contribution in [0.1, 0.15) is 50.5 Å². The molecule has 1 aliphatic carbocycles. The number of carbonyl (C=O) groups is 1. The Bertz CT molecular complexity index is 1310. The molecule has 1 fully saturated rings. The lowest BCUT2D eigenvalue weighted by Crippen LogP contribution is -2.07. The summed E-state index contributed by atoms with van der Waals surface area (Å²) in [6, 6.07) is 18.0. The molecule has 2 aromatic heterocycles. The first kappa shape index (κ1) is 21.9. The molecule has 0 bridgehead atoms. The SMILES string of the molecule is CC(=O)Nc1cc(Oc2ccc3c(c2)nc(Nc2ccc(C4CCCCC4)cc2)n3C)ccn1. The Morgan fingerprint density at radius 3 is 2.53 bits per heavy atom. The highest BCUT2D eigenvalue weighted by Gasteiger charge is 2.15. The third kappa shape index (κ3) is 4.88. The van der Waals surface area contributed by atoms with Gasteiger partial charge in [0.2, 0.25) is 11.9 Å². The molecule has 2 aromatic carbocycles. The van der Waals surface area contributed by atoms with Crippen LogP contribution < -0.4 is 15.4 Å². The molecule has 4 aromatic rings. The lowest BCUT2D eigenvalue weighted by Gasteiger charge is -2.22. The fourth-order valence-corrected chi connectivity index (χ4v) is 4.62. The number of imidazole rings is 1. The van der Waals surface area contributed by atoms with E-state index in [4.69, 9.17) is 9.72 Å². The normalized spacial score (nSPS) is 14.2. The molecular formula is C27H29N5O2. The van der Waals surface area contributed by atoms with E-state index in [2.05, 4.69) is 39.9 Å². The van der Waals surface area contributed by atoms with E-state index in [1.165, 1.54) is 44.6 Å². The number of pyridine rings is 1. The van der Waals surface area contributed by atoms with E-state index in [0.717, 1.165) is 22.7 Å². The molecule has 0 spiro atoms. The van der Waals surface area contributed by atoms with Crippen LogP contribution in [-0.4, -0.2) is 20.4 Å². The van der Waals surface area contributed by atoms with E-state index in [9.17, 15) is 4.79 Å². The zero-order valence-electron chi connectivity index (χ0n) is 19.5. The molecule has 0 radical (unpaired) electrons. The maximum atomic E-state index is 11.3. The highest BCUT2D eigenvalue weighted by Crippen LogP contribution is 2.33. The Morgan fingerprint density at radius 2 is 1.76 bits per heavy atom. The van der Waals surface area contributed by atoms with E-state index in [-0.39, 0.29) is 5.91 Å². The number of aryl methyl sites for hydroxylation is 1. The predicted octanol–water partition coefficient (Wildman–Crippen LogP) is 6.51. The Balaban J connectivity index is 1.32. The Hall–Kier alpha value is -3.87. The minimum Gasteiger partial charge on any atom is -0.457 e. The van der Waals surface area contributed by atoms with Gasteiger partial charge < -0.3 is 19.9 Å². The molecule has 174 valence electrons. The maximum Gasteiger partial charge on any atom is 0.222 e. The smallest absolute Gasteiger partial charge is 0.222 e. The van der Waals surface area contributed by atoms with Gasteiger partial charge in [0.15, 0.2) is 0 Å². The summed E-state index contributed by atoms with van der Waals surface area (Å²) in [5.41, 5.74) is 4.30. The summed E-state index contributed by atoms with van der Waals surface area (Å²) in [7, 11) is 2.00. The molecule has 2 N–H and O–H groups in total. The highest BCUT2D eigenvalue weighted by molar-refractivity contribution is 5.87. The lowest BCUT2D eigenvalue weighted by atomic mass is 9.84. The molecule has 34 heavy (non-hydrogen) atoms. The molecule has 0 atom stereocenters. The number of carbonyl (C=O) groups excluding carboxylic acids is 1. The monoisotopic (exact) mass is 455 g/mol. The second-order valence-electron chi connectivity index (χ2n) is 8.89. The van der Waals surface area contributed by atoms with Crippen LogP contribution in [0.2, 0.25) is 0 Å². The first-order chi connectivity index (χ1) is 16.5. The van der Waals surface area contributed by atoms with Gasteiger partial charge in [-0.05, 0) is 54.7 Å². The van der Waals surface area contributed by atoms with Gasteiger partial charge in [0.05, 0.1) is 11.0 Å². The van der Waals surface area contributed by atoms with Crippen molar-refractivity contribution in [2.45, 2.75) is 44.9 Å². The Labute approximate surface area is 199 Å². The second kappa shape index (κ2) is 9.55. The zero-order chi connectivity index (χ0) is 23.5. The van der Waals surface area contributed by atoms with Crippen molar-refractivity contribution in [1.82, 2.24) is 14.5 Å². The molecule has 1 amide bonds. The average Bonchev–Trinajstić information content (AvgIpc) is 3.14. The van der Waals surface area contributed by atoms with Crippen molar-refractivity contribution >= 4 is 34.4 Å². The van der Waals surface area contributed by atoms with Crippen LogP contribution >= 0.6 is 0 Å². The number of rotatable bonds is 6. The number of nitrogens with one attached hydrogen (secondary N) is 2. The van der Waals surface area contributed by atoms with Crippen LogP contribution in [0.3, 0.4) is 0 Å². The average molecular weight is 456 g/mol. The number of nitrogens with zero attached hydrogens (tertiary/aromatic N) is 3. The van der Waals surface area contributed by atoms with Crippen molar-refractivity contribution in [3.8, 4) is 11.5 Å². The molecule has 0 unspecified atom stereocenters. The third-order valence-electron chi connectivity index (χ3n) is 6.37. The zero-order valence-corrected chi connectivity index (χ0v) is 19.5. The van der Waals surface area contributed by atoms with E-state index in [1.54, 1.807) is 18.3 Å². The topological polar surface area (TPSA) is 81.1 Å². The molecule has 5 rings (SSSR count). The molecule has 1 saturated carbocycles. The van der Waals surface area contributed by atoms with Crippen LogP contribution in [0.5, 0.6) is 11.5 Å². The Kier molecular flexibility index (Phi) is 6.16. The minimum absolute atomic E-state index is 0.178. The van der Waals surface area contributed by atoms with Crippen molar-refractivity contribution < 1.29 is 9.53 Å². The first-order valence-electron chi connectivity index (χ1n) is 11.8. The van der Waals surface area contributed by atoms with Crippen LogP contribution in [-0.2, 0) is 11.8 Å². The van der Waals surface area contributed by atoms with Gasteiger partial charge in [0.25, 0.3) is 0 Å². The molecule has 0 aliphatic heterocycles. The molecule has 0 saturated heterocycles. The fraction of sp³-hybridized carbons (Fsp3) is 0.296. The largest absolute Gasteiger partial charge is 0.457 e. The van der Waals surface area contributed by atoms with E-state index in [1.807, 2.05) is 29.8 Å². The van der Waals surface area contributed by atoms with Crippen molar-refractivity contribution in [3.05, 3.63) is 66.4 Å². The van der Waals surface area contributed by atoms with E-state index in [0.29, 0.717) is 23.2 Å². The number of hydrogen-bond donors (Lipinski definition) is 2. The second-order valence-corrected chi connectivity index (χ2v) is 8.89. The van der Waals surface area contributed by atoms with Crippen molar-refractivity contribution in [1.29, 1.82) is 0 Å². The van der Waals surface area contributed by atoms with Gasteiger partial charge in [0, 0.05) is 38.0 Å². The summed E-state index contributed by atoms with van der Waals surface area (Å²) >= 11 is 0. The van der Waals surface area contributed by atoms with Crippen molar-refractivity contribution in [2.24, 2.45) is 7.05 Å². The van der Waals surface area contributed by atoms with Gasteiger partial charge in [-0.3, -0.25) is 4.79 Å². The minimum atomic E-state index is -0.178. The number of anilines is 3. The van der Waals surface area contributed by atoms with Gasteiger partial charge in [-0.2, -0.15) is 0 Å². The van der Waals surface area contributed by atoms with Gasteiger partial charge in [0.1, 0.15) is 17.3 Å². The van der Waals surface area contributed by atoms with Gasteiger partial charge in [-0.25, -0.2) is 9.97 Å². The number of benzene rings is 2. The van der Waals surface area contributed by atoms with Gasteiger partial charge >= 0.3 is 0 Å². The number of ether oxygens (including phenoxy) is 1. The fourth-order valence-electron chi connectivity index (χ4n) is 4.62. The summed E-state index contributed by atoms with van der Waals surface area (Å²) in [6.07, 6.45) is 8.26. The standard InChI is InChI=1S/C27H29N5O2/c1-18(33)29-26-17-23(14-15-28-26)34-22-12-13-25-24(16-22)31-27(32(25)2)30-21-10-8-20(9-11-21)19-6-4-3-5-7-19/h8-17,19H,3-7H2,1-2H3,(H,30,31)(H,28,29,33). The van der Waals surface area contributed by atoms with Gasteiger partial charge in [-0.1, -0.05) is 31.4 Å². The molecular weight excluding hydrogens is 426 g/mol. The molecule has 7 heteroatoms. The molecule has 2 heterocycles. The van der Waals surface area contributed by atoms with Gasteiger partial charge in [-0.15, -0.1) is 0 Å². The van der Waals surface area contributed by atoms with E-state index >= 15 is 0 Å². The maximum absolute atomic E-state index is 11.3. The number of fused-ring (bicyclic) bond motifs is 1. The molecule has 7 nitrogen and oxygen atoms in total. The van der Waals surface area contributed by atoms with Crippen LogP contribution in [0.15, 0.2) is 60.8 Å². The summed E-state index contributed by atoms with van der Waals surface area (Å²) in [5, 5.41) is 6.11. The highest BCUT2D eigenvalue weighted by atomic mass is 16.5. The summed E-state index contributed by atoms with van der Waals surface area (Å²) < 4.78 is 8.02. The number of aromatic nitrogens is 3. The van der Waals surface area contributed by atoms with Crippen molar-refractivity contribution in [2.75, 3.05) is 10.6 Å². The Morgan fingerprint density at radius 1 is 1.00 bits per heavy atom. The summed E-state index contributed by atoms with van der Waals surface area (Å²) in [5.74, 6) is 2.99. The van der Waals surface area contributed by atoms with Crippen molar-refractivity contribution in [3.63, 3.8) is 0 Å². The summed E-state index contributed by atoms with van der Waals surface area (Å²) in [4.78, 5) is 20.2. The third-order valence-corrected chi connectivity index (χ3v) is 6.37. The molecule has 1 aliphatic rings. The van der Waals surface area contributed by atoms with Crippen LogP contribution in [0, 0.1) is 0 Å². The summed E-state index contributed by atoms with van der Waals surface area (Å²) in [6.45, 7) is 1.45. The predicted molar refractivity (Wildman–Crippen MR) is 135 cm³/mol. The lowest BCUT2D eigenvalue weighted by molar-refractivity contribution is -0.114. The number of amides is 1. The van der Waals surface area contributed by atoms with Crippen LogP contribution in [0.4, 0.5) is 17.5 Å². The first-order valence-corrected chi connectivity index (χ1v) is 11.8. The van der Waals surface area contributed by atoms with E-state index < -0.39 is 0 Å². The van der Waals surface area contributed by atoms with Crippen LogP contribution in [0.25, 0.3) is 11.0 Å².